The Kier molecular flexibility index (Phi) is 5.21. The summed E-state index contributed by atoms with van der Waals surface area (Å²) in [5.41, 5.74) is 4.03. The van der Waals surface area contributed by atoms with Crippen LogP contribution in [0.25, 0.3) is 10.8 Å². The molecule has 5 rings (SSSR count). The van der Waals surface area contributed by atoms with Crippen LogP contribution in [-0.4, -0.2) is 47.3 Å². The summed E-state index contributed by atoms with van der Waals surface area (Å²) in [4.78, 5) is 4.56. The van der Waals surface area contributed by atoms with Crippen LogP contribution in [0.4, 0.5) is 15.9 Å². The number of rotatable bonds is 4. The summed E-state index contributed by atoms with van der Waals surface area (Å²) >= 11 is 0. The van der Waals surface area contributed by atoms with E-state index >= 15 is 4.39 Å². The minimum absolute atomic E-state index is 0.0362. The fourth-order valence-electron chi connectivity index (χ4n) is 5.73. The van der Waals surface area contributed by atoms with E-state index in [1.807, 2.05) is 45.0 Å². The lowest BCUT2D eigenvalue weighted by molar-refractivity contribution is 0.102. The van der Waals surface area contributed by atoms with Gasteiger partial charge in [-0.15, -0.1) is 5.10 Å². The Morgan fingerprint density at radius 3 is 2.70 bits per heavy atom. The zero-order valence-corrected chi connectivity index (χ0v) is 19.6. The summed E-state index contributed by atoms with van der Waals surface area (Å²) in [5, 5.41) is 23.3. The molecule has 0 radical (unpaired) electrons. The lowest BCUT2D eigenvalue weighted by Gasteiger charge is -2.52. The molecule has 170 valence electrons. The van der Waals surface area contributed by atoms with Gasteiger partial charge in [-0.05, 0) is 70.0 Å². The first-order chi connectivity index (χ1) is 15.8. The minimum Gasteiger partial charge on any atom is -0.362 e. The molecule has 1 N–H and O–H groups in total. The van der Waals surface area contributed by atoms with Crippen molar-refractivity contribution in [3.63, 3.8) is 0 Å². The number of aromatic nitrogens is 2. The van der Waals surface area contributed by atoms with E-state index in [-0.39, 0.29) is 17.4 Å². The number of nitriles is 1. The summed E-state index contributed by atoms with van der Waals surface area (Å²) in [5.74, 6) is 0.427. The van der Waals surface area contributed by atoms with E-state index in [0.717, 1.165) is 54.4 Å². The van der Waals surface area contributed by atoms with Crippen LogP contribution in [0.3, 0.4) is 0 Å². The molecule has 0 aliphatic carbocycles. The normalized spacial score (nSPS) is 18.4. The van der Waals surface area contributed by atoms with Crippen molar-refractivity contribution in [3.05, 3.63) is 58.5 Å². The molecule has 0 bridgehead atoms. The average molecular weight is 445 g/mol. The van der Waals surface area contributed by atoms with Crippen molar-refractivity contribution in [2.75, 3.05) is 36.9 Å². The molecule has 1 aromatic heterocycles. The first kappa shape index (κ1) is 21.6. The van der Waals surface area contributed by atoms with Gasteiger partial charge in [0, 0.05) is 30.4 Å². The molecule has 6 nitrogen and oxygen atoms in total. The van der Waals surface area contributed by atoms with E-state index < -0.39 is 0 Å². The SMILES string of the molecule is Cc1c(C#N)cccc1[C@@H](C)Nc1nnc(C)c2cc(F)c(N3CCCC34CN(C)C4)cc12. The maximum atomic E-state index is 15.4. The van der Waals surface area contributed by atoms with E-state index in [2.05, 4.69) is 38.4 Å². The molecule has 3 heterocycles. The Bertz CT molecular complexity index is 1270. The molecule has 2 aliphatic rings. The fourth-order valence-corrected chi connectivity index (χ4v) is 5.73. The van der Waals surface area contributed by atoms with Gasteiger partial charge in [-0.1, -0.05) is 12.1 Å². The van der Waals surface area contributed by atoms with E-state index in [4.69, 9.17) is 0 Å². The van der Waals surface area contributed by atoms with Crippen LogP contribution >= 0.6 is 0 Å². The van der Waals surface area contributed by atoms with E-state index in [1.165, 1.54) is 0 Å². The third-order valence-corrected chi connectivity index (χ3v) is 7.36. The van der Waals surface area contributed by atoms with Crippen molar-refractivity contribution in [2.45, 2.75) is 45.2 Å². The lowest BCUT2D eigenvalue weighted by atomic mass is 9.87. The van der Waals surface area contributed by atoms with E-state index in [0.29, 0.717) is 22.8 Å². The van der Waals surface area contributed by atoms with Crippen molar-refractivity contribution in [2.24, 2.45) is 0 Å². The number of benzene rings is 2. The number of halogens is 1. The first-order valence-corrected chi connectivity index (χ1v) is 11.5. The largest absolute Gasteiger partial charge is 0.362 e. The molecule has 1 atom stereocenters. The topological polar surface area (TPSA) is 68.1 Å². The fraction of sp³-hybridized carbons (Fsp3) is 0.423. The molecule has 33 heavy (non-hydrogen) atoms. The van der Waals surface area contributed by atoms with Gasteiger partial charge >= 0.3 is 0 Å². The highest BCUT2D eigenvalue weighted by Gasteiger charge is 2.49. The Labute approximate surface area is 194 Å². The highest BCUT2D eigenvalue weighted by molar-refractivity contribution is 5.95. The van der Waals surface area contributed by atoms with Crippen molar-refractivity contribution < 1.29 is 4.39 Å². The van der Waals surface area contributed by atoms with Crippen LogP contribution < -0.4 is 10.2 Å². The number of nitrogens with one attached hydrogen (secondary N) is 1. The molecular weight excluding hydrogens is 415 g/mol. The zero-order chi connectivity index (χ0) is 23.3. The standard InChI is InChI=1S/C26H29FN6/c1-16-19(13-28)7-5-8-20(16)17(2)29-25-22-12-24(23(27)11-21(22)18(3)30-31-25)33-10-6-9-26(33)14-32(4)15-26/h5,7-8,11-12,17H,6,9-10,14-15H2,1-4H3,(H,29,31)/t17-/m1/s1. The quantitative estimate of drug-likeness (QED) is 0.628. The molecular formula is C26H29FN6. The number of hydrogen-bond donors (Lipinski definition) is 1. The van der Waals surface area contributed by atoms with Crippen LogP contribution in [0.2, 0.25) is 0 Å². The molecule has 7 heteroatoms. The maximum Gasteiger partial charge on any atom is 0.157 e. The number of hydrogen-bond acceptors (Lipinski definition) is 6. The van der Waals surface area contributed by atoms with Gasteiger partial charge < -0.3 is 15.1 Å². The smallest absolute Gasteiger partial charge is 0.157 e. The Hall–Kier alpha value is -3.24. The average Bonchev–Trinajstić information content (AvgIpc) is 3.20. The second-order valence-electron chi connectivity index (χ2n) is 9.63. The highest BCUT2D eigenvalue weighted by Crippen LogP contribution is 2.43. The van der Waals surface area contributed by atoms with Crippen LogP contribution in [0, 0.1) is 31.0 Å². The van der Waals surface area contributed by atoms with Crippen molar-refractivity contribution in [1.29, 1.82) is 5.26 Å². The van der Waals surface area contributed by atoms with Crippen LogP contribution in [-0.2, 0) is 0 Å². The van der Waals surface area contributed by atoms with Crippen LogP contribution in [0.1, 0.15) is 48.2 Å². The molecule has 3 aromatic rings. The summed E-state index contributed by atoms with van der Waals surface area (Å²) < 4.78 is 15.4. The molecule has 2 saturated heterocycles. The Balaban J connectivity index is 1.56. The second kappa shape index (κ2) is 7.96. The Morgan fingerprint density at radius 2 is 1.97 bits per heavy atom. The number of likely N-dealkylation sites (tertiary alicyclic amines) is 1. The van der Waals surface area contributed by atoms with Gasteiger partial charge in [0.1, 0.15) is 5.82 Å². The van der Waals surface area contributed by atoms with Gasteiger partial charge in [-0.25, -0.2) is 4.39 Å². The summed E-state index contributed by atoms with van der Waals surface area (Å²) in [6.45, 7) is 8.67. The third kappa shape index (κ3) is 3.50. The minimum atomic E-state index is -0.203. The molecule has 2 fully saturated rings. The molecule has 0 amide bonds. The van der Waals surface area contributed by atoms with E-state index in [9.17, 15) is 5.26 Å². The van der Waals surface area contributed by atoms with Crippen LogP contribution in [0.15, 0.2) is 30.3 Å². The lowest BCUT2D eigenvalue weighted by Crippen LogP contribution is -2.66. The van der Waals surface area contributed by atoms with Crippen molar-refractivity contribution in [3.8, 4) is 6.07 Å². The van der Waals surface area contributed by atoms with Gasteiger partial charge in [-0.3, -0.25) is 0 Å². The van der Waals surface area contributed by atoms with Crippen LogP contribution in [0.5, 0.6) is 0 Å². The number of fused-ring (bicyclic) bond motifs is 1. The van der Waals surface area contributed by atoms with Crippen molar-refractivity contribution in [1.82, 2.24) is 15.1 Å². The molecule has 2 aromatic carbocycles. The highest BCUT2D eigenvalue weighted by atomic mass is 19.1. The number of nitrogens with zero attached hydrogens (tertiary/aromatic N) is 5. The predicted octanol–water partition coefficient (Wildman–Crippen LogP) is 4.71. The molecule has 0 saturated carbocycles. The maximum absolute atomic E-state index is 15.4. The van der Waals surface area contributed by atoms with Gasteiger partial charge in [0.05, 0.1) is 34.6 Å². The van der Waals surface area contributed by atoms with Crippen molar-refractivity contribution >= 4 is 22.3 Å². The van der Waals surface area contributed by atoms with Gasteiger partial charge in [-0.2, -0.15) is 10.4 Å². The molecule has 2 aliphatic heterocycles. The van der Waals surface area contributed by atoms with E-state index in [1.54, 1.807) is 6.07 Å². The summed E-state index contributed by atoms with van der Waals surface area (Å²) in [6, 6.07) is 11.5. The summed E-state index contributed by atoms with van der Waals surface area (Å²) in [6.07, 6.45) is 2.18. The first-order valence-electron chi connectivity index (χ1n) is 11.5. The second-order valence-corrected chi connectivity index (χ2v) is 9.63. The molecule has 1 spiro atoms. The van der Waals surface area contributed by atoms with Gasteiger partial charge in [0.2, 0.25) is 0 Å². The number of anilines is 2. The predicted molar refractivity (Wildman–Crippen MR) is 129 cm³/mol. The zero-order valence-electron chi connectivity index (χ0n) is 19.6. The molecule has 0 unspecified atom stereocenters. The Morgan fingerprint density at radius 1 is 1.18 bits per heavy atom. The van der Waals surface area contributed by atoms with Gasteiger partial charge in [0.15, 0.2) is 5.82 Å². The summed E-state index contributed by atoms with van der Waals surface area (Å²) in [7, 11) is 2.12. The number of likely N-dealkylation sites (N-methyl/N-ethyl adjacent to an activating group) is 1. The monoisotopic (exact) mass is 444 g/mol. The van der Waals surface area contributed by atoms with Gasteiger partial charge in [0.25, 0.3) is 0 Å². The third-order valence-electron chi connectivity index (χ3n) is 7.36. The number of aryl methyl sites for hydroxylation is 1.